The van der Waals surface area contributed by atoms with Gasteiger partial charge in [-0.3, -0.25) is 10.1 Å². The monoisotopic (exact) mass is 278 g/mol. The van der Waals surface area contributed by atoms with Gasteiger partial charge in [-0.25, -0.2) is 4.79 Å². The van der Waals surface area contributed by atoms with Crippen LogP contribution in [0.25, 0.3) is 0 Å². The maximum atomic E-state index is 11.2. The fraction of sp³-hybridized carbons (Fsp3) is 0.500. The second-order valence-corrected chi connectivity index (χ2v) is 5.12. The lowest BCUT2D eigenvalue weighted by Crippen LogP contribution is -2.20. The van der Waals surface area contributed by atoms with Crippen molar-refractivity contribution >= 4 is 17.3 Å². The highest BCUT2D eigenvalue weighted by molar-refractivity contribution is 5.94. The van der Waals surface area contributed by atoms with Gasteiger partial charge in [-0.15, -0.1) is 0 Å². The molecular weight excluding hydrogens is 260 g/mol. The number of carboxylic acid groups (broad SMARTS) is 1. The van der Waals surface area contributed by atoms with Gasteiger partial charge in [-0.2, -0.15) is 0 Å². The van der Waals surface area contributed by atoms with E-state index in [-0.39, 0.29) is 17.3 Å². The summed E-state index contributed by atoms with van der Waals surface area (Å²) in [6.45, 7) is 0. The second-order valence-electron chi connectivity index (χ2n) is 5.12. The normalized spacial score (nSPS) is 16.4. The van der Waals surface area contributed by atoms with Crippen LogP contribution >= 0.6 is 0 Å². The van der Waals surface area contributed by atoms with Gasteiger partial charge in [-0.1, -0.05) is 25.7 Å². The zero-order chi connectivity index (χ0) is 14.5. The molecule has 108 valence electrons. The summed E-state index contributed by atoms with van der Waals surface area (Å²) in [5.74, 6) is -1.07. The van der Waals surface area contributed by atoms with Gasteiger partial charge in [0.1, 0.15) is 0 Å². The number of nitrogens with zero attached hydrogens (tertiary/aromatic N) is 1. The predicted octanol–water partition coefficient (Wildman–Crippen LogP) is 3.43. The highest BCUT2D eigenvalue weighted by atomic mass is 16.6. The van der Waals surface area contributed by atoms with Crippen LogP contribution in [0.5, 0.6) is 0 Å². The molecule has 1 aliphatic rings. The fourth-order valence-corrected chi connectivity index (χ4v) is 2.60. The number of rotatable bonds is 4. The molecule has 6 heteroatoms. The maximum absolute atomic E-state index is 11.2. The molecule has 0 aromatic heterocycles. The first-order valence-electron chi connectivity index (χ1n) is 6.86. The fourth-order valence-electron chi connectivity index (χ4n) is 2.60. The summed E-state index contributed by atoms with van der Waals surface area (Å²) in [7, 11) is 0. The average Bonchev–Trinajstić information content (AvgIpc) is 2.67. The molecule has 0 spiro atoms. The van der Waals surface area contributed by atoms with Crippen LogP contribution in [-0.4, -0.2) is 22.0 Å². The molecule has 0 heterocycles. The number of aromatic carboxylic acids is 1. The van der Waals surface area contributed by atoms with Crippen molar-refractivity contribution in [1.82, 2.24) is 0 Å². The lowest BCUT2D eigenvalue weighted by Gasteiger charge is -2.18. The van der Waals surface area contributed by atoms with Gasteiger partial charge >= 0.3 is 5.97 Å². The summed E-state index contributed by atoms with van der Waals surface area (Å²) in [6.07, 6.45) is 6.55. The summed E-state index contributed by atoms with van der Waals surface area (Å²) in [6, 6.07) is 4.02. The van der Waals surface area contributed by atoms with E-state index >= 15 is 0 Å². The number of benzene rings is 1. The Morgan fingerprint density at radius 2 is 1.90 bits per heavy atom. The molecule has 0 atom stereocenters. The SMILES string of the molecule is O=C(O)c1ccc([N+](=O)[O-])cc1NC1CCCCCC1. The van der Waals surface area contributed by atoms with Gasteiger partial charge < -0.3 is 10.4 Å². The van der Waals surface area contributed by atoms with Gasteiger partial charge in [0.25, 0.3) is 5.69 Å². The van der Waals surface area contributed by atoms with Crippen molar-refractivity contribution in [3.63, 3.8) is 0 Å². The number of non-ortho nitro benzene ring substituents is 1. The molecule has 0 amide bonds. The molecule has 2 rings (SSSR count). The number of nitro benzene ring substituents is 1. The number of hydrogen-bond acceptors (Lipinski definition) is 4. The summed E-state index contributed by atoms with van der Waals surface area (Å²) in [5, 5.41) is 23.2. The largest absolute Gasteiger partial charge is 0.478 e. The van der Waals surface area contributed by atoms with E-state index in [9.17, 15) is 20.0 Å². The van der Waals surface area contributed by atoms with Crippen LogP contribution in [0.4, 0.5) is 11.4 Å². The Hall–Kier alpha value is -2.11. The molecule has 1 fully saturated rings. The molecule has 1 aromatic rings. The number of nitro groups is 1. The molecule has 0 bridgehead atoms. The first-order chi connectivity index (χ1) is 9.58. The van der Waals surface area contributed by atoms with Crippen molar-refractivity contribution in [2.75, 3.05) is 5.32 Å². The number of carbonyl (C=O) groups is 1. The maximum Gasteiger partial charge on any atom is 0.337 e. The topological polar surface area (TPSA) is 92.5 Å². The summed E-state index contributed by atoms with van der Waals surface area (Å²) < 4.78 is 0. The molecule has 1 aromatic carbocycles. The Kier molecular flexibility index (Phi) is 4.55. The number of hydrogen-bond donors (Lipinski definition) is 2. The quantitative estimate of drug-likeness (QED) is 0.500. The van der Waals surface area contributed by atoms with E-state index in [0.717, 1.165) is 25.7 Å². The minimum absolute atomic E-state index is 0.0832. The van der Waals surface area contributed by atoms with Crippen LogP contribution in [0.2, 0.25) is 0 Å². The summed E-state index contributed by atoms with van der Waals surface area (Å²) >= 11 is 0. The zero-order valence-corrected chi connectivity index (χ0v) is 11.2. The Balaban J connectivity index is 2.24. The third kappa shape index (κ3) is 3.46. The van der Waals surface area contributed by atoms with Crippen LogP contribution < -0.4 is 5.32 Å². The van der Waals surface area contributed by atoms with E-state index in [1.165, 1.54) is 31.0 Å². The molecule has 20 heavy (non-hydrogen) atoms. The molecule has 0 saturated heterocycles. The Labute approximate surface area is 117 Å². The van der Waals surface area contributed by atoms with Crippen molar-refractivity contribution in [2.24, 2.45) is 0 Å². The third-order valence-corrected chi connectivity index (χ3v) is 3.66. The molecule has 0 unspecified atom stereocenters. The van der Waals surface area contributed by atoms with E-state index in [2.05, 4.69) is 5.32 Å². The van der Waals surface area contributed by atoms with Gasteiger partial charge in [0.05, 0.1) is 16.2 Å². The first-order valence-corrected chi connectivity index (χ1v) is 6.86. The van der Waals surface area contributed by atoms with Crippen molar-refractivity contribution in [1.29, 1.82) is 0 Å². The Morgan fingerprint density at radius 3 is 2.45 bits per heavy atom. The highest BCUT2D eigenvalue weighted by Crippen LogP contribution is 2.26. The lowest BCUT2D eigenvalue weighted by molar-refractivity contribution is -0.384. The van der Waals surface area contributed by atoms with Crippen LogP contribution in [0.1, 0.15) is 48.9 Å². The van der Waals surface area contributed by atoms with Gasteiger partial charge in [0, 0.05) is 18.2 Å². The predicted molar refractivity (Wildman–Crippen MR) is 75.2 cm³/mol. The van der Waals surface area contributed by atoms with Crippen LogP contribution in [0, 0.1) is 10.1 Å². The minimum atomic E-state index is -1.07. The van der Waals surface area contributed by atoms with Crippen molar-refractivity contribution in [3.8, 4) is 0 Å². The Morgan fingerprint density at radius 1 is 1.25 bits per heavy atom. The van der Waals surface area contributed by atoms with E-state index < -0.39 is 10.9 Å². The van der Waals surface area contributed by atoms with Gasteiger partial charge in [0.2, 0.25) is 0 Å². The van der Waals surface area contributed by atoms with E-state index in [1.54, 1.807) is 0 Å². The Bertz CT molecular complexity index is 508. The van der Waals surface area contributed by atoms with Crippen LogP contribution in [0.15, 0.2) is 18.2 Å². The van der Waals surface area contributed by atoms with Crippen LogP contribution in [-0.2, 0) is 0 Å². The van der Waals surface area contributed by atoms with Crippen LogP contribution in [0.3, 0.4) is 0 Å². The molecule has 2 N–H and O–H groups in total. The molecule has 0 radical (unpaired) electrons. The van der Waals surface area contributed by atoms with Crippen molar-refractivity contribution in [2.45, 2.75) is 44.6 Å². The number of anilines is 1. The number of nitrogens with one attached hydrogen (secondary N) is 1. The smallest absolute Gasteiger partial charge is 0.337 e. The molecule has 1 aliphatic carbocycles. The average molecular weight is 278 g/mol. The van der Waals surface area contributed by atoms with E-state index in [1.807, 2.05) is 0 Å². The standard InChI is InChI=1S/C14H18N2O4/c17-14(18)12-8-7-11(16(19)20)9-13(12)15-10-5-3-1-2-4-6-10/h7-10,15H,1-6H2,(H,17,18). The summed E-state index contributed by atoms with van der Waals surface area (Å²) in [5.41, 5.74) is 0.338. The van der Waals surface area contributed by atoms with Crippen molar-refractivity contribution in [3.05, 3.63) is 33.9 Å². The van der Waals surface area contributed by atoms with Crippen molar-refractivity contribution < 1.29 is 14.8 Å². The summed E-state index contributed by atoms with van der Waals surface area (Å²) in [4.78, 5) is 21.5. The van der Waals surface area contributed by atoms with E-state index in [4.69, 9.17) is 0 Å². The molecule has 1 saturated carbocycles. The second kappa shape index (κ2) is 6.36. The van der Waals surface area contributed by atoms with Gasteiger partial charge in [0.15, 0.2) is 0 Å². The van der Waals surface area contributed by atoms with Gasteiger partial charge in [-0.05, 0) is 18.9 Å². The van der Waals surface area contributed by atoms with E-state index in [0.29, 0.717) is 5.69 Å². The lowest BCUT2D eigenvalue weighted by atomic mass is 10.1. The molecular formula is C14H18N2O4. The third-order valence-electron chi connectivity index (χ3n) is 3.66. The highest BCUT2D eigenvalue weighted by Gasteiger charge is 2.19. The minimum Gasteiger partial charge on any atom is -0.478 e. The molecule has 6 nitrogen and oxygen atoms in total. The zero-order valence-electron chi connectivity index (χ0n) is 11.2. The molecule has 0 aliphatic heterocycles. The number of carboxylic acids is 1. The first kappa shape index (κ1) is 14.3.